The largest absolute Gasteiger partial charge is 0.481 e. The molecule has 0 fully saturated rings. The summed E-state index contributed by atoms with van der Waals surface area (Å²) in [6, 6.07) is 0. The Morgan fingerprint density at radius 3 is 1.53 bits per heavy atom. The minimum atomic E-state index is -0.663. The lowest BCUT2D eigenvalue weighted by molar-refractivity contribution is -0.137. The number of nitrogens with two attached hydrogens (primary N) is 1. The Morgan fingerprint density at radius 1 is 0.767 bits per heavy atom. The number of aliphatic hydroxyl groups is 1. The molecule has 0 aromatic rings. The van der Waals surface area contributed by atoms with Gasteiger partial charge in [0.25, 0.3) is 0 Å². The Balaban J connectivity index is 0. The zero-order valence-corrected chi connectivity index (χ0v) is 21.3. The summed E-state index contributed by atoms with van der Waals surface area (Å²) in [5.41, 5.74) is 5.79. The van der Waals surface area contributed by atoms with Crippen molar-refractivity contribution in [3.8, 4) is 0 Å². The Hall–Kier alpha value is -0.610. The van der Waals surface area contributed by atoms with Crippen LogP contribution in [0.1, 0.15) is 144 Å². The smallest absolute Gasteiger partial charge is 0.303 e. The van der Waals surface area contributed by atoms with Crippen molar-refractivity contribution >= 4 is 5.97 Å². The van der Waals surface area contributed by atoms with Gasteiger partial charge in [-0.15, -0.1) is 0 Å². The molecule has 4 N–H and O–H groups in total. The van der Waals surface area contributed by atoms with Crippen LogP contribution in [0.2, 0.25) is 0 Å². The normalized spacial score (nSPS) is 14.5. The van der Waals surface area contributed by atoms with Gasteiger partial charge in [-0.25, -0.2) is 0 Å². The fourth-order valence-electron chi connectivity index (χ4n) is 3.87. The van der Waals surface area contributed by atoms with Crippen LogP contribution >= 0.6 is 0 Å². The standard InChI is InChI=1S/C16H35NO.C10H20O2/c1-6-8-9-10-11-12-13-16(5,14(18)7-2)15(3,4)17;1-2-3-4-5-6-7-8-9-10(11)12/h14,18H,6-13,17H2,1-5H3;2-9H2,1H3,(H,11,12). The van der Waals surface area contributed by atoms with Gasteiger partial charge in [0.2, 0.25) is 0 Å². The van der Waals surface area contributed by atoms with E-state index in [2.05, 4.69) is 20.8 Å². The number of carboxylic acid groups (broad SMARTS) is 1. The lowest BCUT2D eigenvalue weighted by Gasteiger charge is -2.45. The summed E-state index contributed by atoms with van der Waals surface area (Å²) in [5.74, 6) is -0.663. The van der Waals surface area contributed by atoms with E-state index in [1.807, 2.05) is 20.8 Å². The number of unbranched alkanes of at least 4 members (excludes halogenated alkanes) is 11. The van der Waals surface area contributed by atoms with Crippen LogP contribution in [0.3, 0.4) is 0 Å². The molecule has 0 aromatic heterocycles. The minimum Gasteiger partial charge on any atom is -0.481 e. The number of hydrogen-bond acceptors (Lipinski definition) is 3. The summed E-state index contributed by atoms with van der Waals surface area (Å²) in [6.07, 6.45) is 17.9. The van der Waals surface area contributed by atoms with Gasteiger partial charge in [-0.3, -0.25) is 4.79 Å². The average molecular weight is 430 g/mol. The fraction of sp³-hybridized carbons (Fsp3) is 0.962. The topological polar surface area (TPSA) is 83.5 Å². The Labute approximate surface area is 188 Å². The van der Waals surface area contributed by atoms with E-state index < -0.39 is 5.97 Å². The van der Waals surface area contributed by atoms with E-state index in [0.29, 0.717) is 6.42 Å². The monoisotopic (exact) mass is 429 g/mol. The van der Waals surface area contributed by atoms with Crippen LogP contribution < -0.4 is 5.73 Å². The molecule has 0 amide bonds. The number of rotatable bonds is 18. The molecule has 0 aromatic carbocycles. The van der Waals surface area contributed by atoms with Crippen molar-refractivity contribution in [2.45, 2.75) is 156 Å². The van der Waals surface area contributed by atoms with E-state index in [0.717, 1.165) is 25.7 Å². The molecule has 0 heterocycles. The predicted octanol–water partition coefficient (Wildman–Crippen LogP) is 7.46. The first-order chi connectivity index (χ1) is 14.1. The van der Waals surface area contributed by atoms with E-state index in [9.17, 15) is 9.90 Å². The van der Waals surface area contributed by atoms with E-state index >= 15 is 0 Å². The molecule has 0 aliphatic rings. The van der Waals surface area contributed by atoms with Gasteiger partial charge in [-0.05, 0) is 33.1 Å². The molecule has 4 nitrogen and oxygen atoms in total. The highest BCUT2D eigenvalue weighted by atomic mass is 16.4. The maximum Gasteiger partial charge on any atom is 0.303 e. The summed E-state index contributed by atoms with van der Waals surface area (Å²) in [7, 11) is 0. The van der Waals surface area contributed by atoms with Crippen LogP contribution in [0.25, 0.3) is 0 Å². The van der Waals surface area contributed by atoms with Crippen molar-refractivity contribution in [2.75, 3.05) is 0 Å². The number of aliphatic hydroxyl groups excluding tert-OH is 1. The van der Waals surface area contributed by atoms with Gasteiger partial charge >= 0.3 is 5.97 Å². The third-order valence-corrected chi connectivity index (χ3v) is 6.64. The second-order valence-electron chi connectivity index (χ2n) is 9.85. The van der Waals surface area contributed by atoms with Crippen LogP contribution in [0.5, 0.6) is 0 Å². The maximum absolute atomic E-state index is 10.3. The third-order valence-electron chi connectivity index (χ3n) is 6.64. The van der Waals surface area contributed by atoms with Crippen LogP contribution in [0.15, 0.2) is 0 Å². The Kier molecular flexibility index (Phi) is 20.1. The second-order valence-corrected chi connectivity index (χ2v) is 9.85. The quantitative estimate of drug-likeness (QED) is 0.197. The van der Waals surface area contributed by atoms with Crippen LogP contribution in [-0.2, 0) is 4.79 Å². The first-order valence-corrected chi connectivity index (χ1v) is 12.7. The highest BCUT2D eigenvalue weighted by molar-refractivity contribution is 5.66. The van der Waals surface area contributed by atoms with Crippen molar-refractivity contribution < 1.29 is 15.0 Å². The fourth-order valence-corrected chi connectivity index (χ4v) is 3.87. The molecule has 0 aliphatic carbocycles. The van der Waals surface area contributed by atoms with Crippen molar-refractivity contribution in [2.24, 2.45) is 11.1 Å². The average Bonchev–Trinajstić information content (AvgIpc) is 2.68. The molecule has 0 saturated carbocycles. The van der Waals surface area contributed by atoms with Crippen molar-refractivity contribution in [3.05, 3.63) is 0 Å². The van der Waals surface area contributed by atoms with Gasteiger partial charge in [0.1, 0.15) is 0 Å². The van der Waals surface area contributed by atoms with E-state index in [-0.39, 0.29) is 17.1 Å². The molecule has 0 saturated heterocycles. The van der Waals surface area contributed by atoms with Crippen molar-refractivity contribution in [1.82, 2.24) is 0 Å². The lowest BCUT2D eigenvalue weighted by atomic mass is 9.66. The van der Waals surface area contributed by atoms with Crippen LogP contribution in [-0.4, -0.2) is 27.8 Å². The molecule has 2 atom stereocenters. The number of aliphatic carboxylic acids is 1. The zero-order chi connectivity index (χ0) is 23.5. The summed E-state index contributed by atoms with van der Waals surface area (Å²) < 4.78 is 0. The van der Waals surface area contributed by atoms with E-state index in [4.69, 9.17) is 10.8 Å². The molecule has 0 aliphatic heterocycles. The summed E-state index contributed by atoms with van der Waals surface area (Å²) in [5, 5.41) is 18.6. The molecule has 30 heavy (non-hydrogen) atoms. The van der Waals surface area contributed by atoms with Crippen LogP contribution in [0.4, 0.5) is 0 Å². The van der Waals surface area contributed by atoms with Gasteiger partial charge < -0.3 is 15.9 Å². The van der Waals surface area contributed by atoms with Gasteiger partial charge in [0, 0.05) is 17.4 Å². The molecule has 4 heteroatoms. The minimum absolute atomic E-state index is 0.174. The SMILES string of the molecule is CCCCCCCCC(C)(C(O)CC)C(C)(C)N.CCCCCCCCCC(=O)O. The zero-order valence-electron chi connectivity index (χ0n) is 21.3. The molecule has 0 radical (unpaired) electrons. The highest BCUT2D eigenvalue weighted by Gasteiger charge is 2.42. The molecule has 182 valence electrons. The van der Waals surface area contributed by atoms with E-state index in [1.165, 1.54) is 70.6 Å². The highest BCUT2D eigenvalue weighted by Crippen LogP contribution is 2.39. The summed E-state index contributed by atoms with van der Waals surface area (Å²) in [6.45, 7) is 12.7. The number of carbonyl (C=O) groups is 1. The molecular formula is C26H55NO3. The first-order valence-electron chi connectivity index (χ1n) is 12.7. The lowest BCUT2D eigenvalue weighted by Crippen LogP contribution is -2.55. The van der Waals surface area contributed by atoms with Gasteiger partial charge in [-0.1, -0.05) is 105 Å². The third kappa shape index (κ3) is 16.1. The predicted molar refractivity (Wildman–Crippen MR) is 131 cm³/mol. The Morgan fingerprint density at radius 2 is 1.17 bits per heavy atom. The molecule has 2 unspecified atom stereocenters. The van der Waals surface area contributed by atoms with Crippen molar-refractivity contribution in [1.29, 1.82) is 0 Å². The van der Waals surface area contributed by atoms with Crippen LogP contribution in [0, 0.1) is 5.41 Å². The first kappa shape index (κ1) is 31.6. The van der Waals surface area contributed by atoms with Gasteiger partial charge in [0.15, 0.2) is 0 Å². The second kappa shape index (κ2) is 19.1. The molecule has 0 rings (SSSR count). The maximum atomic E-state index is 10.3. The van der Waals surface area contributed by atoms with Gasteiger partial charge in [-0.2, -0.15) is 0 Å². The molecule has 0 spiro atoms. The van der Waals surface area contributed by atoms with E-state index in [1.54, 1.807) is 0 Å². The van der Waals surface area contributed by atoms with Crippen molar-refractivity contribution in [3.63, 3.8) is 0 Å². The van der Waals surface area contributed by atoms with Gasteiger partial charge in [0.05, 0.1) is 6.10 Å². The molecule has 0 bridgehead atoms. The molecular weight excluding hydrogens is 374 g/mol. The Bertz CT molecular complexity index is 392. The summed E-state index contributed by atoms with van der Waals surface area (Å²) in [4.78, 5) is 10.1. The summed E-state index contributed by atoms with van der Waals surface area (Å²) >= 11 is 0. The number of hydrogen-bond donors (Lipinski definition) is 3. The number of carboxylic acids is 1.